The summed E-state index contributed by atoms with van der Waals surface area (Å²) in [5.74, 6) is 0. The standard InChI is InChI=1S/C9H12BNO4S/c1-16(14,15)11-6-5-7-8(10(12)13)3-2-4-9(7)11/h2-4,12-13H,5-6H2,1H3. The van der Waals surface area contributed by atoms with Gasteiger partial charge < -0.3 is 10.0 Å². The highest BCUT2D eigenvalue weighted by molar-refractivity contribution is 7.92. The molecule has 1 aromatic rings. The van der Waals surface area contributed by atoms with Gasteiger partial charge in [-0.3, -0.25) is 4.31 Å². The van der Waals surface area contributed by atoms with E-state index in [-0.39, 0.29) is 0 Å². The van der Waals surface area contributed by atoms with Gasteiger partial charge in [0.15, 0.2) is 0 Å². The molecule has 0 saturated heterocycles. The fourth-order valence-electron chi connectivity index (χ4n) is 2.02. The van der Waals surface area contributed by atoms with E-state index >= 15 is 0 Å². The van der Waals surface area contributed by atoms with Gasteiger partial charge in [-0.25, -0.2) is 8.42 Å². The molecule has 0 aliphatic carbocycles. The Balaban J connectivity index is 2.54. The van der Waals surface area contributed by atoms with Crippen LogP contribution in [0, 0.1) is 0 Å². The maximum Gasteiger partial charge on any atom is 0.488 e. The lowest BCUT2D eigenvalue weighted by atomic mass is 9.76. The summed E-state index contributed by atoms with van der Waals surface area (Å²) in [7, 11) is -4.85. The van der Waals surface area contributed by atoms with Gasteiger partial charge in [0.05, 0.1) is 11.9 Å². The minimum absolute atomic E-state index is 0.359. The SMILES string of the molecule is CS(=O)(=O)N1CCc2c(B(O)O)cccc21. The van der Waals surface area contributed by atoms with Crippen LogP contribution in [0.4, 0.5) is 5.69 Å². The highest BCUT2D eigenvalue weighted by atomic mass is 32.2. The third kappa shape index (κ3) is 1.81. The minimum Gasteiger partial charge on any atom is -0.423 e. The predicted octanol–water partition coefficient (Wildman–Crippen LogP) is -1.31. The van der Waals surface area contributed by atoms with Gasteiger partial charge in [-0.1, -0.05) is 12.1 Å². The van der Waals surface area contributed by atoms with Crippen LogP contribution in [0.5, 0.6) is 0 Å². The van der Waals surface area contributed by atoms with Crippen molar-refractivity contribution in [2.24, 2.45) is 0 Å². The summed E-state index contributed by atoms with van der Waals surface area (Å²) in [4.78, 5) is 0. The van der Waals surface area contributed by atoms with E-state index in [4.69, 9.17) is 10.0 Å². The van der Waals surface area contributed by atoms with Crippen molar-refractivity contribution < 1.29 is 18.5 Å². The lowest BCUT2D eigenvalue weighted by Gasteiger charge is -2.16. The fraction of sp³-hybridized carbons (Fsp3) is 0.333. The molecule has 0 spiro atoms. The molecule has 2 N–H and O–H groups in total. The van der Waals surface area contributed by atoms with Crippen molar-refractivity contribution in [1.29, 1.82) is 0 Å². The smallest absolute Gasteiger partial charge is 0.423 e. The lowest BCUT2D eigenvalue weighted by molar-refractivity contribution is 0.425. The van der Waals surface area contributed by atoms with Gasteiger partial charge in [-0.05, 0) is 23.5 Å². The molecule has 86 valence electrons. The largest absolute Gasteiger partial charge is 0.488 e. The zero-order chi connectivity index (χ0) is 11.9. The predicted molar refractivity (Wildman–Crippen MR) is 62.2 cm³/mol. The molecule has 2 rings (SSSR count). The Labute approximate surface area is 94.5 Å². The first-order valence-electron chi connectivity index (χ1n) is 4.87. The van der Waals surface area contributed by atoms with E-state index in [2.05, 4.69) is 0 Å². The summed E-state index contributed by atoms with van der Waals surface area (Å²) in [6.45, 7) is 0.359. The van der Waals surface area contributed by atoms with Crippen molar-refractivity contribution in [3.8, 4) is 0 Å². The van der Waals surface area contributed by atoms with Crippen molar-refractivity contribution in [3.05, 3.63) is 23.8 Å². The summed E-state index contributed by atoms with van der Waals surface area (Å²) < 4.78 is 24.2. The third-order valence-corrected chi connectivity index (χ3v) is 3.88. The first-order valence-corrected chi connectivity index (χ1v) is 6.71. The Kier molecular flexibility index (Phi) is 2.69. The van der Waals surface area contributed by atoms with Gasteiger partial charge in [-0.2, -0.15) is 0 Å². The molecular weight excluding hydrogens is 229 g/mol. The number of sulfonamides is 1. The van der Waals surface area contributed by atoms with Crippen LogP contribution in [0.15, 0.2) is 18.2 Å². The van der Waals surface area contributed by atoms with Gasteiger partial charge in [0.1, 0.15) is 0 Å². The summed E-state index contributed by atoms with van der Waals surface area (Å²) in [6.07, 6.45) is 1.65. The quantitative estimate of drug-likeness (QED) is 0.630. The number of benzene rings is 1. The maximum absolute atomic E-state index is 11.5. The second-order valence-corrected chi connectivity index (χ2v) is 5.71. The van der Waals surface area contributed by atoms with Crippen LogP contribution in [0.25, 0.3) is 0 Å². The van der Waals surface area contributed by atoms with Crippen LogP contribution >= 0.6 is 0 Å². The Hall–Kier alpha value is -1.05. The molecule has 0 fully saturated rings. The monoisotopic (exact) mass is 241 g/mol. The van der Waals surface area contributed by atoms with Crippen LogP contribution in [0.3, 0.4) is 0 Å². The molecule has 0 bridgehead atoms. The maximum atomic E-state index is 11.5. The summed E-state index contributed by atoms with van der Waals surface area (Å²) in [5.41, 5.74) is 1.62. The van der Waals surface area contributed by atoms with E-state index in [1.54, 1.807) is 18.2 Å². The second kappa shape index (κ2) is 3.76. The summed E-state index contributed by atoms with van der Waals surface area (Å²) >= 11 is 0. The molecular formula is C9H12BNO4S. The Morgan fingerprint density at radius 3 is 2.62 bits per heavy atom. The lowest BCUT2D eigenvalue weighted by Crippen LogP contribution is -2.32. The normalized spacial score (nSPS) is 15.1. The van der Waals surface area contributed by atoms with Crippen LogP contribution in [0.1, 0.15) is 5.56 Å². The third-order valence-electron chi connectivity index (χ3n) is 2.70. The van der Waals surface area contributed by atoms with Gasteiger partial charge in [0.2, 0.25) is 10.0 Å². The Bertz CT molecular complexity index is 514. The molecule has 0 aromatic heterocycles. The molecule has 1 heterocycles. The molecule has 1 aromatic carbocycles. The first-order chi connectivity index (χ1) is 7.41. The Morgan fingerprint density at radius 1 is 1.38 bits per heavy atom. The summed E-state index contributed by atoms with van der Waals surface area (Å²) in [5, 5.41) is 18.3. The fourth-order valence-corrected chi connectivity index (χ4v) is 2.97. The first kappa shape index (κ1) is 11.4. The number of fused-ring (bicyclic) bond motifs is 1. The van der Waals surface area contributed by atoms with Crippen molar-refractivity contribution in [2.45, 2.75) is 6.42 Å². The highest BCUT2D eigenvalue weighted by Crippen LogP contribution is 2.28. The molecule has 1 aliphatic rings. The zero-order valence-electron chi connectivity index (χ0n) is 8.79. The molecule has 0 amide bonds. The molecule has 0 atom stereocenters. The molecule has 7 heteroatoms. The molecule has 5 nitrogen and oxygen atoms in total. The van der Waals surface area contributed by atoms with E-state index < -0.39 is 17.1 Å². The van der Waals surface area contributed by atoms with Crippen molar-refractivity contribution in [2.75, 3.05) is 17.1 Å². The number of hydrogen-bond donors (Lipinski definition) is 2. The van der Waals surface area contributed by atoms with Crippen LogP contribution in [-0.4, -0.2) is 38.4 Å². The molecule has 0 radical (unpaired) electrons. The average Bonchev–Trinajstić information content (AvgIpc) is 2.59. The van der Waals surface area contributed by atoms with Crippen LogP contribution in [0.2, 0.25) is 0 Å². The molecule has 1 aliphatic heterocycles. The van der Waals surface area contributed by atoms with E-state index in [0.29, 0.717) is 29.7 Å². The van der Waals surface area contributed by atoms with Crippen LogP contribution < -0.4 is 9.77 Å². The van der Waals surface area contributed by atoms with Gasteiger partial charge in [-0.15, -0.1) is 0 Å². The molecule has 0 saturated carbocycles. The minimum atomic E-state index is -3.29. The topological polar surface area (TPSA) is 77.8 Å². The molecule has 0 unspecified atom stereocenters. The van der Waals surface area contributed by atoms with E-state index in [9.17, 15) is 8.42 Å². The van der Waals surface area contributed by atoms with E-state index in [1.165, 1.54) is 4.31 Å². The van der Waals surface area contributed by atoms with Crippen molar-refractivity contribution >= 4 is 28.3 Å². The van der Waals surface area contributed by atoms with Crippen molar-refractivity contribution in [1.82, 2.24) is 0 Å². The second-order valence-electron chi connectivity index (χ2n) is 3.80. The van der Waals surface area contributed by atoms with Gasteiger partial charge in [0, 0.05) is 6.54 Å². The zero-order valence-corrected chi connectivity index (χ0v) is 9.61. The number of hydrogen-bond acceptors (Lipinski definition) is 4. The van der Waals surface area contributed by atoms with E-state index in [0.717, 1.165) is 6.26 Å². The Morgan fingerprint density at radius 2 is 2.06 bits per heavy atom. The summed E-state index contributed by atoms with van der Waals surface area (Å²) in [6, 6.07) is 4.89. The average molecular weight is 241 g/mol. The molecule has 16 heavy (non-hydrogen) atoms. The van der Waals surface area contributed by atoms with E-state index in [1.807, 2.05) is 0 Å². The van der Waals surface area contributed by atoms with Crippen molar-refractivity contribution in [3.63, 3.8) is 0 Å². The van der Waals surface area contributed by atoms with Gasteiger partial charge in [0.25, 0.3) is 0 Å². The number of anilines is 1. The van der Waals surface area contributed by atoms with Crippen LogP contribution in [-0.2, 0) is 16.4 Å². The van der Waals surface area contributed by atoms with Gasteiger partial charge >= 0.3 is 7.12 Å². The highest BCUT2D eigenvalue weighted by Gasteiger charge is 2.30. The number of rotatable bonds is 2. The number of nitrogens with zero attached hydrogens (tertiary/aromatic N) is 1.